The Morgan fingerprint density at radius 2 is 0.612 bits per heavy atom. The number of oxazole rings is 1. The van der Waals surface area contributed by atoms with E-state index in [1.165, 1.54) is 67.3 Å². The van der Waals surface area contributed by atoms with Gasteiger partial charge in [-0.05, 0) is 149 Å². The molecule has 0 aliphatic heterocycles. The van der Waals surface area contributed by atoms with E-state index in [1.807, 2.05) is 91.5 Å². The van der Waals surface area contributed by atoms with Gasteiger partial charge in [-0.1, -0.05) is 268 Å². The molecule has 0 bridgehead atoms. The van der Waals surface area contributed by atoms with Crippen LogP contribution in [0.1, 0.15) is 265 Å². The van der Waals surface area contributed by atoms with Gasteiger partial charge in [0, 0.05) is 50.6 Å². The molecule has 0 aliphatic carbocycles. The lowest BCUT2D eigenvalue weighted by atomic mass is 9.92. The first-order chi connectivity index (χ1) is 63.8. The fourth-order valence-electron chi connectivity index (χ4n) is 17.9. The summed E-state index contributed by atoms with van der Waals surface area (Å²) in [5, 5.41) is 2.20. The molecule has 0 atom stereocenters. The van der Waals surface area contributed by atoms with Gasteiger partial charge in [-0.2, -0.15) is 45.7 Å². The van der Waals surface area contributed by atoms with Crippen molar-refractivity contribution < 1.29 is 60.0 Å². The average Bonchev–Trinajstić information content (AvgIpc) is 1.63. The van der Waals surface area contributed by atoms with Gasteiger partial charge in [0.1, 0.15) is 66.0 Å². The van der Waals surface area contributed by atoms with Crippen LogP contribution >= 0.6 is 11.3 Å². The lowest BCUT2D eigenvalue weighted by Crippen LogP contribution is -2.44. The first kappa shape index (κ1) is 98.6. The second-order valence-corrected chi connectivity index (χ2v) is 39.6. The monoisotopic (exact) mass is 1820 g/mol. The molecule has 134 heavy (non-hydrogen) atoms. The first-order valence-corrected chi connectivity index (χ1v) is 48.7. The minimum atomic E-state index is 0.360. The summed E-state index contributed by atoms with van der Waals surface area (Å²) in [6, 6.07) is 62.3. The van der Waals surface area contributed by atoms with Crippen LogP contribution in [0.25, 0.3) is 68.8 Å². The highest BCUT2D eigenvalue weighted by Gasteiger charge is 2.41. The van der Waals surface area contributed by atoms with E-state index in [0.29, 0.717) is 59.4 Å². The Hall–Kier alpha value is -12.9. The summed E-state index contributed by atoms with van der Waals surface area (Å²) in [5.74, 6) is 14.1. The number of para-hydroxylation sites is 8. The van der Waals surface area contributed by atoms with Gasteiger partial charge in [-0.3, -0.25) is 0 Å². The molecule has 0 aliphatic rings. The number of imidazole rings is 5. The minimum absolute atomic E-state index is 0.360. The Kier molecular flexibility index (Phi) is 31.0. The van der Waals surface area contributed by atoms with Crippen LogP contribution in [0.4, 0.5) is 0 Å². The van der Waals surface area contributed by atoms with E-state index >= 15 is 0 Å². The van der Waals surface area contributed by atoms with E-state index in [4.69, 9.17) is 23.4 Å². The molecule has 8 aromatic heterocycles. The summed E-state index contributed by atoms with van der Waals surface area (Å²) in [6.45, 7) is 53.3. The molecular formula is C114H146N14O5S+8. The van der Waals surface area contributed by atoms with Gasteiger partial charge in [0.25, 0.3) is 5.69 Å². The molecule has 0 radical (unpaired) electrons. The number of nitrogens with zero attached hydrogens (tertiary/aromatic N) is 14. The van der Waals surface area contributed by atoms with E-state index in [2.05, 4.69) is 426 Å². The van der Waals surface area contributed by atoms with Gasteiger partial charge in [0.2, 0.25) is 11.8 Å². The summed E-state index contributed by atoms with van der Waals surface area (Å²) in [5.41, 5.74) is 26.6. The van der Waals surface area contributed by atoms with E-state index < -0.39 is 0 Å². The molecule has 20 heteroatoms. The Balaban J connectivity index is 0.000000152. The molecular weight excluding hydrogens is 1680 g/mol. The predicted molar refractivity (Wildman–Crippen MR) is 539 cm³/mol. The Bertz CT molecular complexity index is 6340. The zero-order chi connectivity index (χ0) is 96.9. The van der Waals surface area contributed by atoms with Crippen LogP contribution in [-0.4, -0.2) is 27.5 Å². The fraction of sp³-hybridized carbons (Fsp3) is 0.368. The topological polar surface area (TPSA) is 111 Å². The summed E-state index contributed by atoms with van der Waals surface area (Å²) in [4.78, 5) is 0. The number of aryl methyl sites for hydroxylation is 7. The van der Waals surface area contributed by atoms with Gasteiger partial charge in [0.15, 0.2) is 49.0 Å². The van der Waals surface area contributed by atoms with E-state index in [0.717, 1.165) is 115 Å². The van der Waals surface area contributed by atoms with Gasteiger partial charge < -0.3 is 23.4 Å². The average molecular weight is 1820 g/mol. The van der Waals surface area contributed by atoms with Crippen molar-refractivity contribution in [3.05, 3.63) is 310 Å². The third kappa shape index (κ3) is 20.6. The van der Waals surface area contributed by atoms with Gasteiger partial charge >= 0.3 is 64.6 Å². The second-order valence-electron chi connectivity index (χ2n) is 38.9. The molecule has 8 aromatic carbocycles. The van der Waals surface area contributed by atoms with Gasteiger partial charge in [-0.25, -0.2) is 9.13 Å². The Morgan fingerprint density at radius 3 is 0.866 bits per heavy atom. The normalized spacial score (nSPS) is 11.7. The van der Waals surface area contributed by atoms with Crippen molar-refractivity contribution in [2.24, 2.45) is 56.4 Å². The van der Waals surface area contributed by atoms with Crippen molar-refractivity contribution in [3.63, 3.8) is 0 Å². The molecule has 16 rings (SSSR count). The standard InChI is InChI=1S/2C30H40N4O.C27H33N3O2.C27H33N3OS/c1-20(2)24-14-12-15-25(21(3)4)29(24)34-18-28(35-27-16-11-10-13-23(27)7)32(9)30(34)26-17-33(22(5)6)19-31(26)8;1-20(2)24-14-12-15-25(21(3)4)29(24)33-19-28(35-27-16-11-10-13-23(27)7)31(8)30(33)26-17-18-34(22(5)6)32(26)9;1-18(2)21-12-10-13-22(19(3)4)26(21)30-15-25(32-24-14-9-8-11-20(24)5)29(7)27(30)23-16-31-17-28(23)6;1-18(2)21-12-10-13-22(19(3)4)26(21)30-15-25(31-24-14-9-8-11-20(24)5)29(7)27(30)23-16-32-17-28(23)6/h2*10-22H,1-9H3;2*8-19H,1-7H3/q4*+2. The number of hydrogen-bond acceptors (Lipinski definition) is 6. The van der Waals surface area contributed by atoms with E-state index in [1.54, 1.807) is 24.0 Å². The number of hydrogen-bond donors (Lipinski definition) is 0. The molecule has 0 unspecified atom stereocenters. The Labute approximate surface area is 800 Å². The predicted octanol–water partition coefficient (Wildman–Crippen LogP) is 25.0. The zero-order valence-electron chi connectivity index (χ0n) is 85.6. The lowest BCUT2D eigenvalue weighted by molar-refractivity contribution is -0.789. The molecule has 19 nitrogen and oxygen atoms in total. The summed E-state index contributed by atoms with van der Waals surface area (Å²) < 4.78 is 62.5. The van der Waals surface area contributed by atoms with Crippen LogP contribution in [0, 0.1) is 27.7 Å². The van der Waals surface area contributed by atoms with Crippen molar-refractivity contribution in [1.82, 2.24) is 27.5 Å². The number of benzene rings is 8. The molecule has 0 N–H and O–H groups in total. The van der Waals surface area contributed by atoms with E-state index in [-0.39, 0.29) is 0 Å². The molecule has 0 amide bonds. The van der Waals surface area contributed by atoms with Crippen LogP contribution in [0.3, 0.4) is 0 Å². The molecule has 0 spiro atoms. The van der Waals surface area contributed by atoms with Crippen molar-refractivity contribution in [2.75, 3.05) is 0 Å². The quantitative estimate of drug-likeness (QED) is 0.0502. The number of rotatable bonds is 26. The molecule has 700 valence electrons. The maximum Gasteiger partial charge on any atom is 0.366 e. The molecule has 0 fully saturated rings. The molecule has 16 aromatic rings. The minimum Gasteiger partial charge on any atom is -0.420 e. The highest BCUT2D eigenvalue weighted by atomic mass is 32.1. The molecule has 8 heterocycles. The van der Waals surface area contributed by atoms with Crippen molar-refractivity contribution in [3.8, 4) is 115 Å². The third-order valence-electron chi connectivity index (χ3n) is 25.7. The summed E-state index contributed by atoms with van der Waals surface area (Å²) in [6.07, 6.45) is 18.6. The van der Waals surface area contributed by atoms with Crippen molar-refractivity contribution in [1.29, 1.82) is 0 Å². The molecule has 0 saturated heterocycles. The maximum atomic E-state index is 6.53. The highest BCUT2D eigenvalue weighted by molar-refractivity contribution is 7.07. The van der Waals surface area contributed by atoms with Crippen LogP contribution in [-0.2, 0) is 56.4 Å². The number of thiazole rings is 1. The number of aromatic nitrogens is 14. The summed E-state index contributed by atoms with van der Waals surface area (Å²) in [7, 11) is 16.7. The largest absolute Gasteiger partial charge is 0.420 e. The van der Waals surface area contributed by atoms with E-state index in [9.17, 15) is 0 Å². The van der Waals surface area contributed by atoms with Crippen LogP contribution in [0.5, 0.6) is 46.5 Å². The van der Waals surface area contributed by atoms with Gasteiger partial charge in [-0.15, -0.1) is 9.36 Å². The van der Waals surface area contributed by atoms with Crippen molar-refractivity contribution >= 4 is 11.3 Å². The SMILES string of the molecule is Cc1ccccc1Oc1cn(-c2c(C(C)C)cccc2C(C)C)c(-c2c[n+](C(C)C)cn2C)[n+]1C.Cc1ccccc1Oc1cn(-c2c(C(C)C)cccc2C(C)C)c(-c2cc[n+](C(C)C)n2C)[n+]1C.Cc1ccccc1Oc1cn(-c2c(C(C)C)cccc2C(C)C)c(-c2coc[n+]2C)[n+]1C.Cc1ccccc1Oc1cn(-c2c(C(C)C)cccc2C(C)C)c(-c2csc[n+]2C)[n+]1C. The second kappa shape index (κ2) is 42.1. The highest BCUT2D eigenvalue weighted by Crippen LogP contribution is 2.43. The van der Waals surface area contributed by atoms with Crippen molar-refractivity contribution in [2.45, 2.75) is 226 Å². The lowest BCUT2D eigenvalue weighted by Gasteiger charge is -2.17. The van der Waals surface area contributed by atoms with Gasteiger partial charge in [0.05, 0.1) is 53.7 Å². The van der Waals surface area contributed by atoms with Crippen LogP contribution < -0.4 is 55.6 Å². The zero-order valence-corrected chi connectivity index (χ0v) is 86.4. The molecule has 0 saturated carbocycles. The van der Waals surface area contributed by atoms with Crippen LogP contribution in [0.2, 0.25) is 0 Å². The smallest absolute Gasteiger partial charge is 0.366 e. The Morgan fingerprint density at radius 1 is 0.321 bits per heavy atom. The first-order valence-electron chi connectivity index (χ1n) is 47.7. The summed E-state index contributed by atoms with van der Waals surface area (Å²) >= 11 is 1.71. The number of ether oxygens (including phenoxy) is 4. The maximum absolute atomic E-state index is 6.53. The fourth-order valence-corrected chi connectivity index (χ4v) is 18.7. The third-order valence-corrected chi connectivity index (χ3v) is 26.5. The van der Waals surface area contributed by atoms with Crippen LogP contribution in [0.15, 0.2) is 247 Å².